The number of ketones is 1. The van der Waals surface area contributed by atoms with Gasteiger partial charge in [-0.3, -0.25) is 9.59 Å². The van der Waals surface area contributed by atoms with Crippen LogP contribution in [0.4, 0.5) is 13.2 Å². The molecular formula is C15H22F3NO6. The number of hydrogen-bond donors (Lipinski definition) is 2. The number of hydrogen-bond acceptors (Lipinski definition) is 4. The van der Waals surface area contributed by atoms with Gasteiger partial charge < -0.3 is 15.1 Å². The zero-order chi connectivity index (χ0) is 20.0. The summed E-state index contributed by atoms with van der Waals surface area (Å²) in [5.41, 5.74) is -0.725. The summed E-state index contributed by atoms with van der Waals surface area (Å²) in [7, 11) is 0. The Kier molecular flexibility index (Phi) is 8.07. The van der Waals surface area contributed by atoms with E-state index in [1.807, 2.05) is 6.92 Å². The van der Waals surface area contributed by atoms with Gasteiger partial charge in [-0.25, -0.2) is 9.59 Å². The predicted octanol–water partition coefficient (Wildman–Crippen LogP) is 2.09. The van der Waals surface area contributed by atoms with Crippen LogP contribution >= 0.6 is 0 Å². The van der Waals surface area contributed by atoms with Gasteiger partial charge in [-0.2, -0.15) is 13.2 Å². The molecule has 0 saturated carbocycles. The molecule has 1 saturated heterocycles. The standard InChI is InChI=1S/C13H21NO4.C2HF3O2/c1-4-13(2,3)10(15)11(16)14-8-6-5-7-9(14)12(17)18;3-2(4,5)1(6)7/h9H,4-8H2,1-3H3,(H,17,18);(H,6,7)/t9-;/m0./s1. The van der Waals surface area contributed by atoms with E-state index in [1.54, 1.807) is 13.8 Å². The smallest absolute Gasteiger partial charge is 0.480 e. The zero-order valence-corrected chi connectivity index (χ0v) is 14.2. The molecule has 0 spiro atoms. The minimum Gasteiger partial charge on any atom is -0.480 e. The number of aliphatic carboxylic acids is 2. The van der Waals surface area contributed by atoms with Gasteiger partial charge >= 0.3 is 18.1 Å². The maximum atomic E-state index is 12.1. The summed E-state index contributed by atoms with van der Waals surface area (Å²) in [6.07, 6.45) is -2.55. The number of nitrogens with zero attached hydrogens (tertiary/aromatic N) is 1. The van der Waals surface area contributed by atoms with E-state index < -0.39 is 41.3 Å². The molecule has 7 nitrogen and oxygen atoms in total. The fourth-order valence-corrected chi connectivity index (χ4v) is 2.01. The molecular weight excluding hydrogens is 347 g/mol. The SMILES string of the molecule is CCC(C)(C)C(=O)C(=O)N1CCCC[C@H]1C(=O)O.O=C(O)C(F)(F)F. The first-order valence-corrected chi connectivity index (χ1v) is 7.64. The summed E-state index contributed by atoms with van der Waals surface area (Å²) in [6.45, 7) is 5.64. The molecule has 0 unspecified atom stereocenters. The molecule has 1 atom stereocenters. The van der Waals surface area contributed by atoms with Crippen molar-refractivity contribution in [3.8, 4) is 0 Å². The van der Waals surface area contributed by atoms with Crippen LogP contribution in [-0.2, 0) is 19.2 Å². The average molecular weight is 369 g/mol. The van der Waals surface area contributed by atoms with E-state index in [9.17, 15) is 27.6 Å². The normalized spacial score (nSPS) is 18.0. The highest BCUT2D eigenvalue weighted by molar-refractivity contribution is 6.38. The number of carboxylic acids is 2. The van der Waals surface area contributed by atoms with Crippen LogP contribution in [0.2, 0.25) is 0 Å². The second-order valence-corrected chi connectivity index (χ2v) is 6.22. The lowest BCUT2D eigenvalue weighted by molar-refractivity contribution is -0.192. The lowest BCUT2D eigenvalue weighted by Crippen LogP contribution is -2.52. The molecule has 144 valence electrons. The quantitative estimate of drug-likeness (QED) is 0.734. The fourth-order valence-electron chi connectivity index (χ4n) is 2.01. The molecule has 1 aliphatic rings. The van der Waals surface area contributed by atoms with E-state index in [2.05, 4.69) is 0 Å². The molecule has 1 fully saturated rings. The number of amides is 1. The van der Waals surface area contributed by atoms with Crippen molar-refractivity contribution >= 4 is 23.6 Å². The van der Waals surface area contributed by atoms with E-state index in [4.69, 9.17) is 15.0 Å². The summed E-state index contributed by atoms with van der Waals surface area (Å²) < 4.78 is 31.7. The molecule has 1 heterocycles. The summed E-state index contributed by atoms with van der Waals surface area (Å²) in [5.74, 6) is -4.91. The first-order chi connectivity index (χ1) is 11.3. The number of carbonyl (C=O) groups is 4. The van der Waals surface area contributed by atoms with Crippen molar-refractivity contribution in [3.05, 3.63) is 0 Å². The van der Waals surface area contributed by atoms with Gasteiger partial charge in [0, 0.05) is 12.0 Å². The molecule has 1 amide bonds. The van der Waals surface area contributed by atoms with Crippen LogP contribution in [-0.4, -0.2) is 57.5 Å². The second kappa shape index (κ2) is 8.82. The first kappa shape index (κ1) is 22.9. The molecule has 10 heteroatoms. The third kappa shape index (κ3) is 6.71. The molecule has 1 rings (SSSR count). The molecule has 0 radical (unpaired) electrons. The van der Waals surface area contributed by atoms with Crippen LogP contribution < -0.4 is 0 Å². The monoisotopic (exact) mass is 369 g/mol. The molecule has 0 aromatic heterocycles. The van der Waals surface area contributed by atoms with Crippen molar-refractivity contribution < 1.29 is 42.6 Å². The summed E-state index contributed by atoms with van der Waals surface area (Å²) in [5, 5.41) is 16.2. The summed E-state index contributed by atoms with van der Waals surface area (Å²) in [6, 6.07) is -0.845. The third-order valence-corrected chi connectivity index (χ3v) is 3.98. The summed E-state index contributed by atoms with van der Waals surface area (Å²) >= 11 is 0. The van der Waals surface area contributed by atoms with E-state index in [0.717, 1.165) is 12.8 Å². The molecule has 0 aliphatic carbocycles. The van der Waals surface area contributed by atoms with Crippen LogP contribution in [0.3, 0.4) is 0 Å². The highest BCUT2D eigenvalue weighted by Crippen LogP contribution is 2.25. The molecule has 0 aromatic rings. The van der Waals surface area contributed by atoms with Gasteiger partial charge in [0.05, 0.1) is 0 Å². The Morgan fingerprint density at radius 3 is 1.92 bits per heavy atom. The Balaban J connectivity index is 0.000000697. The number of Topliss-reactive ketones (excluding diaryl/α,β-unsaturated/α-hetero) is 1. The van der Waals surface area contributed by atoms with Gasteiger partial charge in [-0.15, -0.1) is 0 Å². The van der Waals surface area contributed by atoms with Crippen molar-refractivity contribution in [2.75, 3.05) is 6.54 Å². The maximum Gasteiger partial charge on any atom is 0.490 e. The van der Waals surface area contributed by atoms with E-state index >= 15 is 0 Å². The predicted molar refractivity (Wildman–Crippen MR) is 79.8 cm³/mol. The van der Waals surface area contributed by atoms with Crippen molar-refractivity contribution in [1.82, 2.24) is 4.90 Å². The van der Waals surface area contributed by atoms with Gasteiger partial charge in [0.1, 0.15) is 6.04 Å². The molecule has 1 aliphatic heterocycles. The van der Waals surface area contributed by atoms with Crippen LogP contribution in [0.15, 0.2) is 0 Å². The molecule has 25 heavy (non-hydrogen) atoms. The molecule has 0 aromatic carbocycles. The Labute approximate surface area is 142 Å². The number of rotatable bonds is 4. The number of alkyl halides is 3. The van der Waals surface area contributed by atoms with Gasteiger partial charge in [0.25, 0.3) is 5.91 Å². The Bertz CT molecular complexity index is 530. The van der Waals surface area contributed by atoms with Gasteiger partial charge in [0.2, 0.25) is 5.78 Å². The largest absolute Gasteiger partial charge is 0.490 e. The summed E-state index contributed by atoms with van der Waals surface area (Å²) in [4.78, 5) is 45.4. The molecule has 0 bridgehead atoms. The van der Waals surface area contributed by atoms with Gasteiger partial charge in [0.15, 0.2) is 0 Å². The van der Waals surface area contributed by atoms with Crippen LogP contribution in [0, 0.1) is 5.41 Å². The number of piperidine rings is 1. The van der Waals surface area contributed by atoms with Crippen molar-refractivity contribution in [3.63, 3.8) is 0 Å². The zero-order valence-electron chi connectivity index (χ0n) is 14.2. The minimum atomic E-state index is -5.08. The lowest BCUT2D eigenvalue weighted by Gasteiger charge is -2.34. The highest BCUT2D eigenvalue weighted by Gasteiger charge is 2.40. The van der Waals surface area contributed by atoms with Gasteiger partial charge in [-0.1, -0.05) is 20.8 Å². The first-order valence-electron chi connectivity index (χ1n) is 7.64. The Morgan fingerprint density at radius 1 is 1.08 bits per heavy atom. The number of halogens is 3. The van der Waals surface area contributed by atoms with E-state index in [1.165, 1.54) is 4.90 Å². The Hall–Kier alpha value is -2.13. The molecule has 2 N–H and O–H groups in total. The van der Waals surface area contributed by atoms with Crippen molar-refractivity contribution in [2.45, 2.75) is 58.7 Å². The van der Waals surface area contributed by atoms with E-state index in [0.29, 0.717) is 19.4 Å². The lowest BCUT2D eigenvalue weighted by atomic mass is 9.84. The maximum absolute atomic E-state index is 12.1. The van der Waals surface area contributed by atoms with Crippen LogP contribution in [0.5, 0.6) is 0 Å². The topological polar surface area (TPSA) is 112 Å². The minimum absolute atomic E-state index is 0.362. The number of likely N-dealkylation sites (tertiary alicyclic amines) is 1. The van der Waals surface area contributed by atoms with Crippen molar-refractivity contribution in [2.24, 2.45) is 5.41 Å². The number of carbonyl (C=O) groups excluding carboxylic acids is 2. The van der Waals surface area contributed by atoms with Gasteiger partial charge in [-0.05, 0) is 25.7 Å². The van der Waals surface area contributed by atoms with E-state index in [-0.39, 0.29) is 0 Å². The van der Waals surface area contributed by atoms with Crippen LogP contribution in [0.25, 0.3) is 0 Å². The fraction of sp³-hybridized carbons (Fsp3) is 0.733. The highest BCUT2D eigenvalue weighted by atomic mass is 19.4. The number of carboxylic acid groups (broad SMARTS) is 2. The van der Waals surface area contributed by atoms with Crippen LogP contribution in [0.1, 0.15) is 46.5 Å². The second-order valence-electron chi connectivity index (χ2n) is 6.22. The average Bonchev–Trinajstić information content (AvgIpc) is 2.53. The van der Waals surface area contributed by atoms with Crippen molar-refractivity contribution in [1.29, 1.82) is 0 Å². The Morgan fingerprint density at radius 2 is 1.56 bits per heavy atom. The third-order valence-electron chi connectivity index (χ3n) is 3.98.